The summed E-state index contributed by atoms with van der Waals surface area (Å²) < 4.78 is 5.36. The molecule has 0 aliphatic carbocycles. The van der Waals surface area contributed by atoms with Crippen LogP contribution in [0.4, 0.5) is 0 Å². The molecule has 3 rings (SSSR count). The topological polar surface area (TPSA) is 63.1 Å². The van der Waals surface area contributed by atoms with E-state index in [1.807, 2.05) is 38.1 Å². The van der Waals surface area contributed by atoms with Crippen molar-refractivity contribution in [3.8, 4) is 11.5 Å². The average Bonchev–Trinajstić information content (AvgIpc) is 2.97. The molecule has 1 atom stereocenters. The van der Waals surface area contributed by atoms with Crippen molar-refractivity contribution >= 4 is 5.84 Å². The van der Waals surface area contributed by atoms with Gasteiger partial charge in [0.05, 0.1) is 6.61 Å². The van der Waals surface area contributed by atoms with Crippen LogP contribution in [-0.2, 0) is 4.84 Å². The van der Waals surface area contributed by atoms with Gasteiger partial charge in [-0.1, -0.05) is 24.3 Å². The summed E-state index contributed by atoms with van der Waals surface area (Å²) in [4.78, 5) is 10.00. The van der Waals surface area contributed by atoms with Gasteiger partial charge < -0.3 is 9.84 Å². The number of aliphatic imine (C=N–C) groups is 1. The number of nitrogens with zero attached hydrogens (tertiary/aromatic N) is 1. The molecular formula is C17H18N2O3. The van der Waals surface area contributed by atoms with Gasteiger partial charge in [-0.05, 0) is 31.5 Å². The lowest BCUT2D eigenvalue weighted by Crippen LogP contribution is -2.19. The monoisotopic (exact) mass is 298 g/mol. The summed E-state index contributed by atoms with van der Waals surface area (Å²) >= 11 is 0. The molecule has 0 saturated heterocycles. The summed E-state index contributed by atoms with van der Waals surface area (Å²) in [7, 11) is 0. The lowest BCUT2D eigenvalue weighted by molar-refractivity contribution is 0.0362. The van der Waals surface area contributed by atoms with Crippen molar-refractivity contribution in [2.24, 2.45) is 4.99 Å². The molecule has 114 valence electrons. The fourth-order valence-corrected chi connectivity index (χ4v) is 2.37. The molecule has 1 aliphatic rings. The number of amidine groups is 1. The number of hydroxylamine groups is 1. The third kappa shape index (κ3) is 2.76. The zero-order valence-electron chi connectivity index (χ0n) is 12.5. The number of phenols is 1. The van der Waals surface area contributed by atoms with Crippen molar-refractivity contribution < 1.29 is 14.7 Å². The van der Waals surface area contributed by atoms with E-state index in [1.165, 1.54) is 0 Å². The van der Waals surface area contributed by atoms with Crippen molar-refractivity contribution in [1.82, 2.24) is 5.48 Å². The summed E-state index contributed by atoms with van der Waals surface area (Å²) in [6.07, 6.45) is -0.578. The Hall–Kier alpha value is -2.53. The lowest BCUT2D eigenvalue weighted by atomic mass is 10.1. The normalized spacial score (nSPS) is 17.0. The van der Waals surface area contributed by atoms with E-state index in [2.05, 4.69) is 10.5 Å². The van der Waals surface area contributed by atoms with E-state index in [1.54, 1.807) is 18.2 Å². The number of nitrogens with one attached hydrogen (secondary N) is 1. The molecule has 22 heavy (non-hydrogen) atoms. The summed E-state index contributed by atoms with van der Waals surface area (Å²) in [5, 5.41) is 10.1. The largest absolute Gasteiger partial charge is 0.507 e. The molecule has 0 spiro atoms. The third-order valence-electron chi connectivity index (χ3n) is 3.49. The van der Waals surface area contributed by atoms with E-state index < -0.39 is 6.23 Å². The Kier molecular flexibility index (Phi) is 3.98. The SMILES string of the molecule is CCOc1ccc([C@H]2N=C(c3ccccc3C)NO2)c(O)c1. The highest BCUT2D eigenvalue weighted by atomic mass is 16.7. The fourth-order valence-electron chi connectivity index (χ4n) is 2.37. The van der Waals surface area contributed by atoms with Crippen LogP contribution in [0, 0.1) is 6.92 Å². The molecule has 0 amide bonds. The smallest absolute Gasteiger partial charge is 0.206 e. The van der Waals surface area contributed by atoms with E-state index in [9.17, 15) is 5.11 Å². The second-order valence-corrected chi connectivity index (χ2v) is 5.02. The van der Waals surface area contributed by atoms with E-state index in [0.717, 1.165) is 11.1 Å². The zero-order valence-corrected chi connectivity index (χ0v) is 12.5. The van der Waals surface area contributed by atoms with Crippen molar-refractivity contribution in [3.05, 3.63) is 59.2 Å². The molecule has 0 saturated carbocycles. The van der Waals surface area contributed by atoms with E-state index in [4.69, 9.17) is 9.57 Å². The predicted molar refractivity (Wildman–Crippen MR) is 84.0 cm³/mol. The van der Waals surface area contributed by atoms with Crippen molar-refractivity contribution in [2.45, 2.75) is 20.1 Å². The minimum Gasteiger partial charge on any atom is -0.507 e. The van der Waals surface area contributed by atoms with Gasteiger partial charge in [0.25, 0.3) is 0 Å². The molecule has 0 fully saturated rings. The Morgan fingerprint density at radius 1 is 1.27 bits per heavy atom. The Morgan fingerprint density at radius 3 is 2.82 bits per heavy atom. The molecular weight excluding hydrogens is 280 g/mol. The quantitative estimate of drug-likeness (QED) is 0.910. The maximum Gasteiger partial charge on any atom is 0.206 e. The summed E-state index contributed by atoms with van der Waals surface area (Å²) in [6, 6.07) is 13.1. The van der Waals surface area contributed by atoms with Crippen LogP contribution in [0.2, 0.25) is 0 Å². The molecule has 0 bridgehead atoms. The molecule has 1 aliphatic heterocycles. The van der Waals surface area contributed by atoms with Gasteiger partial charge in [0, 0.05) is 17.2 Å². The number of hydrogen-bond acceptors (Lipinski definition) is 5. The molecule has 5 heteroatoms. The van der Waals surface area contributed by atoms with Crippen LogP contribution in [0.5, 0.6) is 11.5 Å². The molecule has 2 aromatic carbocycles. The highest BCUT2D eigenvalue weighted by Crippen LogP contribution is 2.33. The third-order valence-corrected chi connectivity index (χ3v) is 3.49. The van der Waals surface area contributed by atoms with Crippen LogP contribution >= 0.6 is 0 Å². The van der Waals surface area contributed by atoms with Crippen LogP contribution in [-0.4, -0.2) is 17.5 Å². The molecule has 5 nitrogen and oxygen atoms in total. The van der Waals surface area contributed by atoms with Gasteiger partial charge in [0.15, 0.2) is 5.84 Å². The van der Waals surface area contributed by atoms with Gasteiger partial charge in [0.2, 0.25) is 6.23 Å². The first-order valence-electron chi connectivity index (χ1n) is 7.20. The zero-order chi connectivity index (χ0) is 15.5. The molecule has 0 aromatic heterocycles. The molecule has 2 aromatic rings. The first-order valence-corrected chi connectivity index (χ1v) is 7.20. The Bertz CT molecular complexity index is 713. The molecule has 1 heterocycles. The standard InChI is InChI=1S/C17H18N2O3/c1-3-21-12-8-9-14(15(20)10-12)17-18-16(19-22-17)13-7-5-4-6-11(13)2/h4-10,17,20H,3H2,1-2H3,(H,18,19)/t17-/m0/s1. The van der Waals surface area contributed by atoms with Gasteiger partial charge in [-0.3, -0.25) is 0 Å². The van der Waals surface area contributed by atoms with Crippen LogP contribution in [0.3, 0.4) is 0 Å². The average molecular weight is 298 g/mol. The highest BCUT2D eigenvalue weighted by Gasteiger charge is 2.24. The van der Waals surface area contributed by atoms with Gasteiger partial charge >= 0.3 is 0 Å². The number of hydrogen-bond donors (Lipinski definition) is 2. The number of aromatic hydroxyl groups is 1. The summed E-state index contributed by atoms with van der Waals surface area (Å²) in [6.45, 7) is 4.46. The van der Waals surface area contributed by atoms with E-state index >= 15 is 0 Å². The minimum atomic E-state index is -0.578. The highest BCUT2D eigenvalue weighted by molar-refractivity contribution is 6.00. The number of aryl methyl sites for hydroxylation is 1. The first kappa shape index (κ1) is 14.4. The van der Waals surface area contributed by atoms with E-state index in [0.29, 0.717) is 23.8 Å². The fraction of sp³-hybridized carbons (Fsp3) is 0.235. The predicted octanol–water partition coefficient (Wildman–Crippen LogP) is 3.08. The number of phenolic OH excluding ortho intramolecular Hbond substituents is 1. The lowest BCUT2D eigenvalue weighted by Gasteiger charge is -2.10. The van der Waals surface area contributed by atoms with Crippen molar-refractivity contribution in [1.29, 1.82) is 0 Å². The molecule has 0 radical (unpaired) electrons. The van der Waals surface area contributed by atoms with Crippen molar-refractivity contribution in [2.75, 3.05) is 6.61 Å². The minimum absolute atomic E-state index is 0.104. The number of benzene rings is 2. The summed E-state index contributed by atoms with van der Waals surface area (Å²) in [5.41, 5.74) is 5.52. The van der Waals surface area contributed by atoms with Crippen LogP contribution in [0.25, 0.3) is 0 Å². The van der Waals surface area contributed by atoms with Gasteiger partial charge in [-0.25, -0.2) is 15.3 Å². The van der Waals surface area contributed by atoms with Crippen LogP contribution in [0.15, 0.2) is 47.5 Å². The maximum absolute atomic E-state index is 10.1. The Morgan fingerprint density at radius 2 is 2.09 bits per heavy atom. The molecule has 0 unspecified atom stereocenters. The van der Waals surface area contributed by atoms with Gasteiger partial charge in [0.1, 0.15) is 11.5 Å². The van der Waals surface area contributed by atoms with Gasteiger partial charge in [-0.15, -0.1) is 0 Å². The van der Waals surface area contributed by atoms with Gasteiger partial charge in [-0.2, -0.15) is 0 Å². The van der Waals surface area contributed by atoms with Crippen LogP contribution in [0.1, 0.15) is 29.8 Å². The second-order valence-electron chi connectivity index (χ2n) is 5.02. The first-order chi connectivity index (χ1) is 10.7. The van der Waals surface area contributed by atoms with E-state index in [-0.39, 0.29) is 5.75 Å². The summed E-state index contributed by atoms with van der Waals surface area (Å²) in [5.74, 6) is 1.39. The van der Waals surface area contributed by atoms with Crippen LogP contribution < -0.4 is 10.2 Å². The van der Waals surface area contributed by atoms with Crippen molar-refractivity contribution in [3.63, 3.8) is 0 Å². The number of ether oxygens (including phenoxy) is 1. The second kappa shape index (κ2) is 6.07. The Labute approximate surface area is 129 Å². The Balaban J connectivity index is 1.87. The number of rotatable bonds is 4. The molecule has 2 N–H and O–H groups in total. The maximum atomic E-state index is 10.1.